The van der Waals surface area contributed by atoms with Crippen LogP contribution in [0.2, 0.25) is 0 Å². The second-order valence-electron chi connectivity index (χ2n) is 4.07. The van der Waals surface area contributed by atoms with Gasteiger partial charge in [0, 0.05) is 20.4 Å². The number of hydrogen-bond acceptors (Lipinski definition) is 6. The van der Waals surface area contributed by atoms with Crippen LogP contribution in [0.15, 0.2) is 24.3 Å². The summed E-state index contributed by atoms with van der Waals surface area (Å²) in [6.07, 6.45) is 2.24. The SMILES string of the molecule is [2H]CC(=O)N[C@@H](CCSC)C(=O)Oc1ccc([N+](=O)[O-])cc1. The molecule has 0 aliphatic heterocycles. The molecule has 0 aromatic heterocycles. The number of ether oxygens (including phenoxy) is 1. The number of hydrogen-bond donors (Lipinski definition) is 1. The largest absolute Gasteiger partial charge is 0.425 e. The van der Waals surface area contributed by atoms with Gasteiger partial charge in [-0.1, -0.05) is 0 Å². The van der Waals surface area contributed by atoms with Crippen LogP contribution >= 0.6 is 11.8 Å². The second-order valence-corrected chi connectivity index (χ2v) is 5.06. The Morgan fingerprint density at radius 3 is 2.67 bits per heavy atom. The minimum atomic E-state index is -0.847. The molecule has 1 rings (SSSR count). The molecule has 0 radical (unpaired) electrons. The molecule has 0 saturated carbocycles. The molecular weight excluding hydrogens is 296 g/mol. The molecule has 0 fully saturated rings. The first kappa shape index (κ1) is 15.3. The zero-order valence-electron chi connectivity index (χ0n) is 12.4. The van der Waals surface area contributed by atoms with Crippen molar-refractivity contribution in [3.8, 4) is 5.75 Å². The summed E-state index contributed by atoms with van der Waals surface area (Å²) in [5.74, 6) is -0.431. The summed E-state index contributed by atoms with van der Waals surface area (Å²) in [6.45, 7) is -0.472. The maximum Gasteiger partial charge on any atom is 0.334 e. The highest BCUT2D eigenvalue weighted by atomic mass is 32.2. The van der Waals surface area contributed by atoms with Gasteiger partial charge in [0.2, 0.25) is 5.91 Å². The van der Waals surface area contributed by atoms with E-state index in [1.807, 2.05) is 6.26 Å². The first-order chi connectivity index (χ1) is 10.5. The van der Waals surface area contributed by atoms with Crippen molar-refractivity contribution in [2.24, 2.45) is 0 Å². The quantitative estimate of drug-likeness (QED) is 0.356. The van der Waals surface area contributed by atoms with Gasteiger partial charge in [-0.05, 0) is 30.6 Å². The molecule has 0 unspecified atom stereocenters. The molecule has 0 saturated heterocycles. The predicted molar refractivity (Wildman–Crippen MR) is 79.3 cm³/mol. The van der Waals surface area contributed by atoms with Crippen molar-refractivity contribution in [2.75, 3.05) is 12.0 Å². The zero-order chi connectivity index (χ0) is 16.5. The van der Waals surface area contributed by atoms with Gasteiger partial charge in [0.15, 0.2) is 0 Å². The maximum absolute atomic E-state index is 12.0. The molecule has 0 bridgehead atoms. The van der Waals surface area contributed by atoms with Crippen molar-refractivity contribution >= 4 is 29.3 Å². The van der Waals surface area contributed by atoms with Crippen LogP contribution in [0.3, 0.4) is 0 Å². The molecule has 1 aromatic rings. The van der Waals surface area contributed by atoms with E-state index in [1.54, 1.807) is 0 Å². The molecule has 0 heterocycles. The van der Waals surface area contributed by atoms with Crippen LogP contribution < -0.4 is 10.1 Å². The fraction of sp³-hybridized carbons (Fsp3) is 0.385. The fourth-order valence-electron chi connectivity index (χ4n) is 1.50. The van der Waals surface area contributed by atoms with E-state index in [9.17, 15) is 19.7 Å². The van der Waals surface area contributed by atoms with E-state index in [0.29, 0.717) is 12.2 Å². The van der Waals surface area contributed by atoms with Crippen molar-refractivity contribution in [1.82, 2.24) is 5.32 Å². The lowest BCUT2D eigenvalue weighted by Gasteiger charge is -2.16. The number of nitro groups is 1. The third-order valence-electron chi connectivity index (χ3n) is 2.50. The number of nitrogens with one attached hydrogen (secondary N) is 1. The topological polar surface area (TPSA) is 98.5 Å². The Morgan fingerprint density at radius 2 is 2.14 bits per heavy atom. The Balaban J connectivity index is 2.72. The van der Waals surface area contributed by atoms with Gasteiger partial charge < -0.3 is 10.1 Å². The number of rotatable bonds is 7. The Bertz CT molecular complexity index is 538. The van der Waals surface area contributed by atoms with Crippen LogP contribution in [0, 0.1) is 10.1 Å². The van der Waals surface area contributed by atoms with Crippen LogP contribution in [0.4, 0.5) is 5.69 Å². The van der Waals surface area contributed by atoms with Gasteiger partial charge in [-0.3, -0.25) is 14.9 Å². The number of nitrogens with zero attached hydrogens (tertiary/aromatic N) is 1. The van der Waals surface area contributed by atoms with Gasteiger partial charge in [-0.15, -0.1) is 0 Å². The van der Waals surface area contributed by atoms with E-state index in [-0.39, 0.29) is 11.4 Å². The highest BCUT2D eigenvalue weighted by Crippen LogP contribution is 2.18. The van der Waals surface area contributed by atoms with Crippen molar-refractivity contribution in [3.05, 3.63) is 34.4 Å². The Morgan fingerprint density at radius 1 is 1.48 bits per heavy atom. The van der Waals surface area contributed by atoms with E-state index >= 15 is 0 Å². The lowest BCUT2D eigenvalue weighted by molar-refractivity contribution is -0.384. The summed E-state index contributed by atoms with van der Waals surface area (Å²) in [6, 6.07) is 4.23. The summed E-state index contributed by atoms with van der Waals surface area (Å²) in [5, 5.41) is 13.0. The maximum atomic E-state index is 12.0. The van der Waals surface area contributed by atoms with Gasteiger partial charge >= 0.3 is 5.97 Å². The molecule has 0 aliphatic rings. The van der Waals surface area contributed by atoms with Gasteiger partial charge in [0.05, 0.1) is 4.92 Å². The number of esters is 1. The fourth-order valence-corrected chi connectivity index (χ4v) is 1.97. The number of carbonyl (C=O) groups excluding carboxylic acids is 2. The molecule has 1 amide bonds. The summed E-state index contributed by atoms with van der Waals surface area (Å²) >= 11 is 1.51. The molecule has 0 spiro atoms. The number of nitro benzene ring substituents is 1. The van der Waals surface area contributed by atoms with Crippen molar-refractivity contribution in [1.29, 1.82) is 0 Å². The van der Waals surface area contributed by atoms with Crippen LogP contribution in [-0.2, 0) is 9.59 Å². The molecule has 114 valence electrons. The number of benzene rings is 1. The third kappa shape index (κ3) is 5.82. The molecule has 1 N–H and O–H groups in total. The third-order valence-corrected chi connectivity index (χ3v) is 3.14. The average Bonchev–Trinajstić information content (AvgIpc) is 2.51. The summed E-state index contributed by atoms with van der Waals surface area (Å²) in [4.78, 5) is 33.3. The normalized spacial score (nSPS) is 12.1. The van der Waals surface area contributed by atoms with E-state index in [4.69, 9.17) is 6.11 Å². The lowest BCUT2D eigenvalue weighted by atomic mass is 10.2. The lowest BCUT2D eigenvalue weighted by Crippen LogP contribution is -2.42. The minimum absolute atomic E-state index is 0.110. The highest BCUT2D eigenvalue weighted by molar-refractivity contribution is 7.98. The number of non-ortho nitro benzene ring substituents is 1. The Kier molecular flexibility index (Phi) is 6.01. The number of thioether (sulfide) groups is 1. The van der Waals surface area contributed by atoms with E-state index in [1.165, 1.54) is 36.0 Å². The molecule has 1 aromatic carbocycles. The Hall–Kier alpha value is -2.09. The van der Waals surface area contributed by atoms with Gasteiger partial charge in [-0.2, -0.15) is 11.8 Å². The van der Waals surface area contributed by atoms with Crippen LogP contribution in [0.25, 0.3) is 0 Å². The number of carbonyl (C=O) groups is 2. The summed E-state index contributed by atoms with van der Waals surface area (Å²) in [5.41, 5.74) is -0.110. The first-order valence-corrected chi connectivity index (χ1v) is 7.41. The standard InChI is InChI=1S/C13H16N2O5S/c1-9(16)14-12(7-8-21-2)13(17)20-11-5-3-10(4-6-11)15(18)19/h3-6,12H,7-8H2,1-2H3,(H,14,16)/t12-/m0/s1/i1D. The van der Waals surface area contributed by atoms with E-state index in [0.717, 1.165) is 0 Å². The first-order valence-electron chi connectivity index (χ1n) is 6.72. The molecule has 21 heavy (non-hydrogen) atoms. The minimum Gasteiger partial charge on any atom is -0.425 e. The second kappa shape index (κ2) is 8.25. The molecule has 0 aliphatic carbocycles. The number of amides is 1. The summed E-state index contributed by atoms with van der Waals surface area (Å²) < 4.78 is 12.1. The highest BCUT2D eigenvalue weighted by Gasteiger charge is 2.21. The molecule has 8 heteroatoms. The van der Waals surface area contributed by atoms with Gasteiger partial charge in [0.1, 0.15) is 11.8 Å². The van der Waals surface area contributed by atoms with Crippen LogP contribution in [0.1, 0.15) is 14.7 Å². The predicted octanol–water partition coefficient (Wildman–Crippen LogP) is 1.76. The van der Waals surface area contributed by atoms with Crippen molar-refractivity contribution < 1.29 is 20.6 Å². The van der Waals surface area contributed by atoms with Crippen molar-refractivity contribution in [2.45, 2.75) is 19.4 Å². The van der Waals surface area contributed by atoms with Crippen LogP contribution in [0.5, 0.6) is 5.75 Å². The van der Waals surface area contributed by atoms with Gasteiger partial charge in [0.25, 0.3) is 5.69 Å². The van der Waals surface area contributed by atoms with Gasteiger partial charge in [-0.25, -0.2) is 4.79 Å². The smallest absolute Gasteiger partial charge is 0.334 e. The molecule has 1 atom stereocenters. The summed E-state index contributed by atoms with van der Waals surface area (Å²) in [7, 11) is 0. The molecular formula is C13H16N2O5S. The Labute approximate surface area is 127 Å². The zero-order valence-corrected chi connectivity index (χ0v) is 12.2. The van der Waals surface area contributed by atoms with Crippen molar-refractivity contribution in [3.63, 3.8) is 0 Å². The molecule has 7 nitrogen and oxygen atoms in total. The van der Waals surface area contributed by atoms with E-state index < -0.39 is 29.7 Å². The average molecular weight is 313 g/mol. The monoisotopic (exact) mass is 313 g/mol. The van der Waals surface area contributed by atoms with E-state index in [2.05, 4.69) is 5.32 Å². The van der Waals surface area contributed by atoms with Crippen LogP contribution in [-0.4, -0.2) is 34.9 Å².